The van der Waals surface area contributed by atoms with Gasteiger partial charge in [0.15, 0.2) is 0 Å². The van der Waals surface area contributed by atoms with Crippen molar-refractivity contribution < 1.29 is 9.59 Å². The van der Waals surface area contributed by atoms with Crippen LogP contribution in [0.25, 0.3) is 0 Å². The van der Waals surface area contributed by atoms with Gasteiger partial charge in [0.2, 0.25) is 11.8 Å². The van der Waals surface area contributed by atoms with E-state index in [1.165, 1.54) is 17.3 Å². The van der Waals surface area contributed by atoms with Crippen LogP contribution < -0.4 is 5.32 Å². The summed E-state index contributed by atoms with van der Waals surface area (Å²) in [5.41, 5.74) is 3.96. The molecule has 0 aromatic heterocycles. The first-order valence-corrected chi connectivity index (χ1v) is 14.3. The third-order valence-corrected chi connectivity index (χ3v) is 7.62. The van der Waals surface area contributed by atoms with Crippen LogP contribution >= 0.6 is 35.0 Å². The van der Waals surface area contributed by atoms with E-state index in [0.717, 1.165) is 11.1 Å². The van der Waals surface area contributed by atoms with E-state index in [2.05, 4.69) is 30.4 Å². The van der Waals surface area contributed by atoms with Crippen molar-refractivity contribution in [1.29, 1.82) is 0 Å². The van der Waals surface area contributed by atoms with Gasteiger partial charge in [-0.25, -0.2) is 0 Å². The molecule has 3 rings (SSSR count). The average Bonchev–Trinajstić information content (AvgIpc) is 2.86. The highest BCUT2D eigenvalue weighted by Crippen LogP contribution is 2.28. The molecule has 0 saturated carbocycles. The predicted molar refractivity (Wildman–Crippen MR) is 156 cm³/mol. The molecule has 3 aromatic carbocycles. The van der Waals surface area contributed by atoms with Crippen molar-refractivity contribution in [3.63, 3.8) is 0 Å². The van der Waals surface area contributed by atoms with E-state index < -0.39 is 6.04 Å². The van der Waals surface area contributed by atoms with Crippen molar-refractivity contribution in [1.82, 2.24) is 10.2 Å². The van der Waals surface area contributed by atoms with Crippen molar-refractivity contribution in [2.75, 3.05) is 12.3 Å². The minimum absolute atomic E-state index is 0.130. The largest absolute Gasteiger partial charge is 0.354 e. The highest BCUT2D eigenvalue weighted by atomic mass is 35.5. The number of halogens is 2. The fourth-order valence-corrected chi connectivity index (χ4v) is 5.35. The number of hydrogen-bond acceptors (Lipinski definition) is 3. The Balaban J connectivity index is 1.89. The first kappa shape index (κ1) is 29.1. The van der Waals surface area contributed by atoms with Gasteiger partial charge in [-0.05, 0) is 36.1 Å². The first-order chi connectivity index (χ1) is 17.7. The van der Waals surface area contributed by atoms with Crippen molar-refractivity contribution in [3.8, 4) is 0 Å². The molecule has 2 amide bonds. The number of amides is 2. The normalized spacial score (nSPS) is 11.8. The van der Waals surface area contributed by atoms with Crippen molar-refractivity contribution in [3.05, 3.63) is 105 Å². The molecule has 37 heavy (non-hydrogen) atoms. The zero-order valence-electron chi connectivity index (χ0n) is 21.5. The Labute approximate surface area is 234 Å². The molecule has 0 aliphatic carbocycles. The average molecular weight is 558 g/mol. The van der Waals surface area contributed by atoms with Gasteiger partial charge in [-0.2, -0.15) is 0 Å². The van der Waals surface area contributed by atoms with E-state index in [1.807, 2.05) is 50.2 Å². The molecule has 0 heterocycles. The molecular weight excluding hydrogens is 523 g/mol. The number of hydrogen-bond donors (Lipinski definition) is 1. The summed E-state index contributed by atoms with van der Waals surface area (Å²) in [6.45, 7) is 6.82. The van der Waals surface area contributed by atoms with Crippen LogP contribution in [-0.2, 0) is 28.3 Å². The van der Waals surface area contributed by atoms with Gasteiger partial charge in [0.25, 0.3) is 0 Å². The maximum atomic E-state index is 13.7. The van der Waals surface area contributed by atoms with Crippen molar-refractivity contribution >= 4 is 46.8 Å². The fourth-order valence-electron chi connectivity index (χ4n) is 3.97. The molecule has 0 saturated heterocycles. The maximum Gasteiger partial charge on any atom is 0.243 e. The highest BCUT2D eigenvalue weighted by molar-refractivity contribution is 7.99. The fraction of sp³-hybridized carbons (Fsp3) is 0.333. The summed E-state index contributed by atoms with van der Waals surface area (Å²) in [7, 11) is 0. The molecule has 0 bridgehead atoms. The van der Waals surface area contributed by atoms with Crippen LogP contribution in [0.3, 0.4) is 0 Å². The van der Waals surface area contributed by atoms with E-state index in [-0.39, 0.29) is 30.0 Å². The van der Waals surface area contributed by atoms with Gasteiger partial charge in [0.1, 0.15) is 6.04 Å². The number of rotatable bonds is 12. The van der Waals surface area contributed by atoms with Crippen LogP contribution in [-0.4, -0.2) is 35.1 Å². The number of thioether (sulfide) groups is 1. The summed E-state index contributed by atoms with van der Waals surface area (Å²) in [5.74, 6) is 0.913. The van der Waals surface area contributed by atoms with Gasteiger partial charge in [-0.3, -0.25) is 9.59 Å². The lowest BCUT2D eigenvalue weighted by molar-refractivity contribution is -0.139. The molecule has 0 spiro atoms. The number of nitrogens with one attached hydrogen (secondary N) is 1. The lowest BCUT2D eigenvalue weighted by Crippen LogP contribution is -2.51. The molecule has 3 aromatic rings. The molecule has 4 nitrogen and oxygen atoms in total. The second kappa shape index (κ2) is 14.5. The van der Waals surface area contributed by atoms with Gasteiger partial charge < -0.3 is 10.2 Å². The summed E-state index contributed by atoms with van der Waals surface area (Å²) in [6, 6.07) is 22.6. The Morgan fingerprint density at radius 1 is 0.919 bits per heavy atom. The molecule has 0 radical (unpaired) electrons. The number of nitrogens with zero attached hydrogens (tertiary/aromatic N) is 1. The van der Waals surface area contributed by atoms with Gasteiger partial charge in [-0.1, -0.05) is 103 Å². The van der Waals surface area contributed by atoms with Crippen molar-refractivity contribution in [2.45, 2.75) is 45.5 Å². The zero-order valence-corrected chi connectivity index (χ0v) is 23.9. The Morgan fingerprint density at radius 3 is 2.22 bits per heavy atom. The van der Waals surface area contributed by atoms with E-state index in [1.54, 1.807) is 23.1 Å². The van der Waals surface area contributed by atoms with Crippen molar-refractivity contribution in [2.24, 2.45) is 5.92 Å². The lowest BCUT2D eigenvalue weighted by Gasteiger charge is -2.32. The predicted octanol–water partition coefficient (Wildman–Crippen LogP) is 6.95. The number of carbonyl (C=O) groups excluding carboxylic acids is 2. The maximum absolute atomic E-state index is 13.7. The van der Waals surface area contributed by atoms with Crippen LogP contribution in [0.4, 0.5) is 0 Å². The molecule has 7 heteroatoms. The Bertz CT molecular complexity index is 1170. The van der Waals surface area contributed by atoms with E-state index in [0.29, 0.717) is 34.3 Å². The van der Waals surface area contributed by atoms with Gasteiger partial charge in [0.05, 0.1) is 5.75 Å². The van der Waals surface area contributed by atoms with Crippen LogP contribution in [0.5, 0.6) is 0 Å². The van der Waals surface area contributed by atoms with E-state index in [9.17, 15) is 9.59 Å². The Hall–Kier alpha value is -2.47. The minimum Gasteiger partial charge on any atom is -0.354 e. The topological polar surface area (TPSA) is 49.4 Å². The number of carbonyl (C=O) groups is 2. The second-order valence-corrected chi connectivity index (χ2v) is 11.3. The standard InChI is InChI=1S/C30H34Cl2N2O2S/c1-21(2)17-33-30(36)28(16-23-10-5-4-6-11-23)34(18-25-26(31)13-8-14-27(25)32)29(35)20-37-19-24-12-7-9-22(3)15-24/h4-15,21,28H,16-20H2,1-3H3,(H,33,36). The monoisotopic (exact) mass is 556 g/mol. The summed E-state index contributed by atoms with van der Waals surface area (Å²) >= 11 is 14.5. The third kappa shape index (κ3) is 9.10. The Kier molecular flexibility index (Phi) is 11.4. The molecule has 1 N–H and O–H groups in total. The molecule has 196 valence electrons. The van der Waals surface area contributed by atoms with Crippen LogP contribution in [0.15, 0.2) is 72.8 Å². The lowest BCUT2D eigenvalue weighted by atomic mass is 10.0. The molecule has 1 unspecified atom stereocenters. The van der Waals surface area contributed by atoms with Crippen LogP contribution in [0.1, 0.15) is 36.1 Å². The van der Waals surface area contributed by atoms with Gasteiger partial charge in [0, 0.05) is 40.9 Å². The molecule has 0 fully saturated rings. The third-order valence-electron chi connectivity index (χ3n) is 5.92. The summed E-state index contributed by atoms with van der Waals surface area (Å²) in [6.07, 6.45) is 0.390. The van der Waals surface area contributed by atoms with E-state index in [4.69, 9.17) is 23.2 Å². The SMILES string of the molecule is Cc1cccc(CSCC(=O)N(Cc2c(Cl)cccc2Cl)C(Cc2ccccc2)C(=O)NCC(C)C)c1. The zero-order chi connectivity index (χ0) is 26.8. The molecule has 0 aliphatic heterocycles. The molecular formula is C30H34Cl2N2O2S. The molecule has 0 aliphatic rings. The second-order valence-electron chi connectivity index (χ2n) is 9.55. The molecule has 1 atom stereocenters. The van der Waals surface area contributed by atoms with Gasteiger partial charge in [-0.15, -0.1) is 11.8 Å². The quantitative estimate of drug-likeness (QED) is 0.262. The summed E-state index contributed by atoms with van der Waals surface area (Å²) in [5, 5.41) is 3.98. The summed E-state index contributed by atoms with van der Waals surface area (Å²) in [4.78, 5) is 28.9. The Morgan fingerprint density at radius 2 is 1.57 bits per heavy atom. The van der Waals surface area contributed by atoms with Crippen LogP contribution in [0, 0.1) is 12.8 Å². The number of benzene rings is 3. The van der Waals surface area contributed by atoms with E-state index >= 15 is 0 Å². The smallest absolute Gasteiger partial charge is 0.243 e. The van der Waals surface area contributed by atoms with Crippen LogP contribution in [0.2, 0.25) is 10.0 Å². The minimum atomic E-state index is -0.708. The highest BCUT2D eigenvalue weighted by Gasteiger charge is 2.31. The number of aryl methyl sites for hydroxylation is 1. The van der Waals surface area contributed by atoms with Gasteiger partial charge >= 0.3 is 0 Å². The first-order valence-electron chi connectivity index (χ1n) is 12.4. The summed E-state index contributed by atoms with van der Waals surface area (Å²) < 4.78 is 0.